The number of carbonyl (C=O) groups excluding carboxylic acids is 1. The second-order valence-corrected chi connectivity index (χ2v) is 6.76. The highest BCUT2D eigenvalue weighted by Gasteiger charge is 2.20. The van der Waals surface area contributed by atoms with Crippen molar-refractivity contribution in [3.8, 4) is 5.75 Å². The van der Waals surface area contributed by atoms with E-state index in [1.54, 1.807) is 7.11 Å². The number of nitrogens with zero attached hydrogens (tertiary/aromatic N) is 1. The molecule has 0 spiro atoms. The first kappa shape index (κ1) is 18.1. The third-order valence-electron chi connectivity index (χ3n) is 3.96. The van der Waals surface area contributed by atoms with Crippen LogP contribution in [0.25, 0.3) is 0 Å². The smallest absolute Gasteiger partial charge is 0.258 e. The summed E-state index contributed by atoms with van der Waals surface area (Å²) in [4.78, 5) is 14.8. The third kappa shape index (κ3) is 4.16. The van der Waals surface area contributed by atoms with Gasteiger partial charge in [0.25, 0.3) is 5.91 Å². The normalized spacial score (nSPS) is 11.0. The number of ether oxygens (including phenoxy) is 1. The summed E-state index contributed by atoms with van der Waals surface area (Å²) in [5.74, 6) is 1.59. The predicted molar refractivity (Wildman–Crippen MR) is 100 cm³/mol. The van der Waals surface area contributed by atoms with E-state index in [1.807, 2.05) is 47.4 Å². The van der Waals surface area contributed by atoms with Gasteiger partial charge in [-0.15, -0.1) is 0 Å². The van der Waals surface area contributed by atoms with Gasteiger partial charge in [-0.25, -0.2) is 0 Å². The lowest BCUT2D eigenvalue weighted by atomic mass is 10.0. The summed E-state index contributed by atoms with van der Waals surface area (Å²) in [6, 6.07) is 15.5. The number of rotatable bonds is 6. The molecule has 0 heterocycles. The van der Waals surface area contributed by atoms with Crippen LogP contribution in [0.1, 0.15) is 49.5 Å². The highest BCUT2D eigenvalue weighted by atomic mass is 16.5. The molecule has 3 nitrogen and oxygen atoms in total. The maximum atomic E-state index is 13.0. The summed E-state index contributed by atoms with van der Waals surface area (Å²) in [7, 11) is 1.68. The first-order valence-electron chi connectivity index (χ1n) is 8.48. The summed E-state index contributed by atoms with van der Waals surface area (Å²) >= 11 is 0. The molecule has 0 radical (unpaired) electrons. The van der Waals surface area contributed by atoms with Crippen LogP contribution in [-0.4, -0.2) is 19.6 Å². The summed E-state index contributed by atoms with van der Waals surface area (Å²) in [5.41, 5.74) is 2.72. The van der Waals surface area contributed by atoms with Gasteiger partial charge in [0.05, 0.1) is 7.11 Å². The van der Waals surface area contributed by atoms with Crippen LogP contribution >= 0.6 is 0 Å². The van der Waals surface area contributed by atoms with Crippen molar-refractivity contribution in [2.45, 2.75) is 33.6 Å². The molecule has 0 fully saturated rings. The quantitative estimate of drug-likeness (QED) is 0.737. The molecule has 0 bridgehead atoms. The van der Waals surface area contributed by atoms with Crippen LogP contribution in [0.5, 0.6) is 5.75 Å². The Hall–Kier alpha value is -2.29. The Kier molecular flexibility index (Phi) is 6.02. The Balaban J connectivity index is 2.43. The summed E-state index contributed by atoms with van der Waals surface area (Å²) in [6.07, 6.45) is 0. The Morgan fingerprint density at radius 2 is 1.71 bits per heavy atom. The molecule has 0 aliphatic heterocycles. The topological polar surface area (TPSA) is 29.5 Å². The Morgan fingerprint density at radius 1 is 1.04 bits per heavy atom. The van der Waals surface area contributed by atoms with Crippen molar-refractivity contribution in [2.24, 2.45) is 5.92 Å². The summed E-state index contributed by atoms with van der Waals surface area (Å²) in [6.45, 7) is 9.17. The fourth-order valence-corrected chi connectivity index (χ4v) is 2.75. The zero-order valence-corrected chi connectivity index (χ0v) is 15.2. The lowest BCUT2D eigenvalue weighted by Gasteiger charge is -2.26. The molecule has 0 atom stereocenters. The second kappa shape index (κ2) is 8.00. The average molecular weight is 325 g/mol. The largest absolute Gasteiger partial charge is 0.496 e. The number of hydrogen-bond donors (Lipinski definition) is 0. The molecular weight excluding hydrogens is 298 g/mol. The van der Waals surface area contributed by atoms with E-state index in [9.17, 15) is 4.79 Å². The van der Waals surface area contributed by atoms with Gasteiger partial charge in [-0.3, -0.25) is 4.79 Å². The standard InChI is InChI=1S/C21H27NO2/c1-15(2)14-22(21(23)17-9-7-6-8-10-17)18-11-12-19(16(3)4)20(13-18)24-5/h6-13,15-16H,14H2,1-5H3. The minimum atomic E-state index is 0.0173. The van der Waals surface area contributed by atoms with E-state index in [0.717, 1.165) is 17.0 Å². The molecule has 0 aromatic heterocycles. The fraction of sp³-hybridized carbons (Fsp3) is 0.381. The Bertz CT molecular complexity index is 677. The maximum absolute atomic E-state index is 13.0. The van der Waals surface area contributed by atoms with Crippen LogP contribution in [0.15, 0.2) is 48.5 Å². The number of methoxy groups -OCH3 is 1. The van der Waals surface area contributed by atoms with Crippen LogP contribution < -0.4 is 9.64 Å². The highest BCUT2D eigenvalue weighted by molar-refractivity contribution is 6.06. The number of amides is 1. The van der Waals surface area contributed by atoms with Gasteiger partial charge >= 0.3 is 0 Å². The van der Waals surface area contributed by atoms with Gasteiger partial charge in [0, 0.05) is 23.9 Å². The van der Waals surface area contributed by atoms with Crippen molar-refractivity contribution >= 4 is 11.6 Å². The van der Waals surface area contributed by atoms with E-state index in [-0.39, 0.29) is 5.91 Å². The van der Waals surface area contributed by atoms with Crippen molar-refractivity contribution in [1.29, 1.82) is 0 Å². The molecule has 0 unspecified atom stereocenters. The van der Waals surface area contributed by atoms with Crippen LogP contribution in [-0.2, 0) is 0 Å². The average Bonchev–Trinajstić information content (AvgIpc) is 2.59. The van der Waals surface area contributed by atoms with Gasteiger partial charge in [0.15, 0.2) is 0 Å². The molecular formula is C21H27NO2. The van der Waals surface area contributed by atoms with Crippen molar-refractivity contribution in [1.82, 2.24) is 0 Å². The van der Waals surface area contributed by atoms with Crippen molar-refractivity contribution in [3.05, 3.63) is 59.7 Å². The molecule has 24 heavy (non-hydrogen) atoms. The molecule has 0 saturated heterocycles. The second-order valence-electron chi connectivity index (χ2n) is 6.76. The van der Waals surface area contributed by atoms with E-state index >= 15 is 0 Å². The summed E-state index contributed by atoms with van der Waals surface area (Å²) in [5, 5.41) is 0. The molecule has 0 aliphatic rings. The first-order chi connectivity index (χ1) is 11.4. The molecule has 2 rings (SSSR count). The van der Waals surface area contributed by atoms with Crippen molar-refractivity contribution in [3.63, 3.8) is 0 Å². The third-order valence-corrected chi connectivity index (χ3v) is 3.96. The number of anilines is 1. The van der Waals surface area contributed by atoms with E-state index in [2.05, 4.69) is 33.8 Å². The number of carbonyl (C=O) groups is 1. The molecule has 0 aliphatic carbocycles. The van der Waals surface area contributed by atoms with E-state index in [0.29, 0.717) is 23.9 Å². The van der Waals surface area contributed by atoms with Crippen molar-refractivity contribution in [2.75, 3.05) is 18.6 Å². The zero-order valence-electron chi connectivity index (χ0n) is 15.2. The zero-order chi connectivity index (χ0) is 17.7. The van der Waals surface area contributed by atoms with E-state index in [4.69, 9.17) is 4.74 Å². The maximum Gasteiger partial charge on any atom is 0.258 e. The molecule has 0 N–H and O–H groups in total. The van der Waals surface area contributed by atoms with Crippen LogP contribution in [0, 0.1) is 5.92 Å². The van der Waals surface area contributed by atoms with E-state index in [1.165, 1.54) is 0 Å². The van der Waals surface area contributed by atoms with Gasteiger partial charge in [0.1, 0.15) is 5.75 Å². The minimum Gasteiger partial charge on any atom is -0.496 e. The van der Waals surface area contributed by atoms with Gasteiger partial charge in [-0.05, 0) is 35.6 Å². The van der Waals surface area contributed by atoms with Crippen LogP contribution in [0.3, 0.4) is 0 Å². The molecule has 3 heteroatoms. The monoisotopic (exact) mass is 325 g/mol. The minimum absolute atomic E-state index is 0.0173. The van der Waals surface area contributed by atoms with Gasteiger partial charge in [-0.2, -0.15) is 0 Å². The van der Waals surface area contributed by atoms with Crippen LogP contribution in [0.2, 0.25) is 0 Å². The van der Waals surface area contributed by atoms with Gasteiger partial charge < -0.3 is 9.64 Å². The van der Waals surface area contributed by atoms with E-state index < -0.39 is 0 Å². The first-order valence-corrected chi connectivity index (χ1v) is 8.48. The predicted octanol–water partition coefficient (Wildman–Crippen LogP) is 5.12. The number of hydrogen-bond acceptors (Lipinski definition) is 2. The molecule has 2 aromatic rings. The lowest BCUT2D eigenvalue weighted by molar-refractivity contribution is 0.0984. The SMILES string of the molecule is COc1cc(N(CC(C)C)C(=O)c2ccccc2)ccc1C(C)C. The molecule has 1 amide bonds. The number of benzene rings is 2. The van der Waals surface area contributed by atoms with Gasteiger partial charge in [-0.1, -0.05) is 52.0 Å². The molecule has 0 saturated carbocycles. The Morgan fingerprint density at radius 3 is 2.25 bits per heavy atom. The summed E-state index contributed by atoms with van der Waals surface area (Å²) < 4.78 is 5.55. The van der Waals surface area contributed by atoms with Crippen LogP contribution in [0.4, 0.5) is 5.69 Å². The lowest BCUT2D eigenvalue weighted by Crippen LogP contribution is -2.34. The molecule has 128 valence electrons. The Labute approximate surface area is 145 Å². The highest BCUT2D eigenvalue weighted by Crippen LogP contribution is 2.31. The molecule has 2 aromatic carbocycles. The van der Waals surface area contributed by atoms with Crippen molar-refractivity contribution < 1.29 is 9.53 Å². The fourth-order valence-electron chi connectivity index (χ4n) is 2.75. The van der Waals surface area contributed by atoms with Gasteiger partial charge in [0.2, 0.25) is 0 Å².